The Morgan fingerprint density at radius 2 is 1.93 bits per heavy atom. The highest BCUT2D eigenvalue weighted by molar-refractivity contribution is 5.94. The number of Topliss-reactive ketones (excluding diaryl/α,β-unsaturated/α-hetero) is 1. The van der Waals surface area contributed by atoms with E-state index in [-0.39, 0.29) is 12.8 Å². The lowest BCUT2D eigenvalue weighted by Crippen LogP contribution is -2.64. The predicted molar refractivity (Wildman–Crippen MR) is 131 cm³/mol. The Labute approximate surface area is 230 Å². The highest BCUT2D eigenvalue weighted by atomic mass is 16.7. The molecule has 216 valence electrons. The van der Waals surface area contributed by atoms with Crippen LogP contribution in [0.15, 0.2) is 23.0 Å². The van der Waals surface area contributed by atoms with Crippen LogP contribution in [0, 0.1) is 34.0 Å². The number of carbonyl (C=O) groups excluding carboxylic acids is 4. The molecular weight excluding hydrogens is 524 g/mol. The van der Waals surface area contributed by atoms with Crippen LogP contribution >= 0.6 is 0 Å². The molecule has 6 aliphatic rings. The second-order valence-electron chi connectivity index (χ2n) is 13.5. The standard InChI is InChI=1S/C29H34O11/c1-13(30)39-27-12-24(2)19(18(33)23(35)36-5)26(27,4)15-6-8-25(3)22(14-7-9-37-11-14)38-16(31)10-28(25)29(15,40-28)20(27)17(32)21(24)34/h7,9,11,15,18-22,33-34H,6,8,10,12H2,1-5H3/t15-,18+,19+,20+,21-,22+,24-,25+,26-,27+,28+,29+/m1/s1. The smallest absolute Gasteiger partial charge is 0.335 e. The van der Waals surface area contributed by atoms with E-state index in [0.29, 0.717) is 18.4 Å². The Kier molecular flexibility index (Phi) is 4.81. The van der Waals surface area contributed by atoms with Gasteiger partial charge in [0.25, 0.3) is 0 Å². The lowest BCUT2D eigenvalue weighted by molar-refractivity contribution is -0.186. The number of epoxide rings is 1. The summed E-state index contributed by atoms with van der Waals surface area (Å²) in [5, 5.41) is 23.1. The molecule has 3 heterocycles. The molecule has 2 saturated heterocycles. The lowest BCUT2D eigenvalue weighted by Gasteiger charge is -2.54. The molecule has 0 radical (unpaired) electrons. The largest absolute Gasteiger partial charge is 0.472 e. The molecule has 0 amide bonds. The second-order valence-corrected chi connectivity index (χ2v) is 13.5. The van der Waals surface area contributed by atoms with Crippen molar-refractivity contribution in [3.63, 3.8) is 0 Å². The van der Waals surface area contributed by atoms with Crippen molar-refractivity contribution in [3.05, 3.63) is 24.2 Å². The van der Waals surface area contributed by atoms with E-state index < -0.39 is 92.8 Å². The number of cyclic esters (lactones) is 1. The number of furan rings is 1. The number of aliphatic hydroxyl groups is 2. The molecule has 4 aliphatic carbocycles. The number of esters is 3. The number of rotatable bonds is 4. The third kappa shape index (κ3) is 2.40. The van der Waals surface area contributed by atoms with Crippen LogP contribution in [0.1, 0.15) is 65.0 Å². The average molecular weight is 559 g/mol. The maximum atomic E-state index is 14.4. The predicted octanol–water partition coefficient (Wildman–Crippen LogP) is 1.63. The van der Waals surface area contributed by atoms with E-state index in [4.69, 9.17) is 23.4 Å². The van der Waals surface area contributed by atoms with Crippen LogP contribution in [-0.4, -0.2) is 70.0 Å². The van der Waals surface area contributed by atoms with Gasteiger partial charge in [-0.05, 0) is 25.3 Å². The van der Waals surface area contributed by atoms with Gasteiger partial charge in [-0.2, -0.15) is 0 Å². The number of ketones is 1. The summed E-state index contributed by atoms with van der Waals surface area (Å²) in [6.45, 7) is 6.73. The molecule has 7 rings (SSSR count). The molecule has 6 fully saturated rings. The SMILES string of the molecule is COC(=O)[C@@H](O)[C@H]1[C@@]2(C)C[C@]3(OC(C)=O)[C@H](C(=O)[C@H]2O)[C@]24O[C@]25CC(=O)O[C@@H](c2ccoc2)[C@]5(C)CC[C@@H]4[C@]13C. The van der Waals surface area contributed by atoms with Crippen molar-refractivity contribution in [2.45, 2.75) is 88.5 Å². The van der Waals surface area contributed by atoms with E-state index in [0.717, 1.165) is 7.11 Å². The maximum absolute atomic E-state index is 14.4. The Bertz CT molecular complexity index is 1360. The van der Waals surface area contributed by atoms with Crippen molar-refractivity contribution in [3.8, 4) is 0 Å². The minimum Gasteiger partial charge on any atom is -0.472 e. The van der Waals surface area contributed by atoms with Gasteiger partial charge in [0.1, 0.15) is 29.0 Å². The van der Waals surface area contributed by atoms with Gasteiger partial charge in [-0.1, -0.05) is 20.8 Å². The van der Waals surface area contributed by atoms with Crippen LogP contribution in [0.2, 0.25) is 0 Å². The van der Waals surface area contributed by atoms with Gasteiger partial charge in [-0.15, -0.1) is 0 Å². The molecule has 11 heteroatoms. The molecule has 2 aliphatic heterocycles. The van der Waals surface area contributed by atoms with Gasteiger partial charge in [0.2, 0.25) is 0 Å². The van der Waals surface area contributed by atoms with Crippen LogP contribution in [0.4, 0.5) is 0 Å². The molecule has 0 aromatic carbocycles. The van der Waals surface area contributed by atoms with Crippen LogP contribution in [-0.2, 0) is 38.1 Å². The number of hydrogen-bond acceptors (Lipinski definition) is 11. The quantitative estimate of drug-likeness (QED) is 0.314. The fourth-order valence-corrected chi connectivity index (χ4v) is 11.0. The number of fused-ring (bicyclic) bond motifs is 2. The monoisotopic (exact) mass is 558 g/mol. The van der Waals surface area contributed by atoms with Crippen LogP contribution in [0.5, 0.6) is 0 Å². The Balaban J connectivity index is 1.48. The first-order valence-corrected chi connectivity index (χ1v) is 13.8. The van der Waals surface area contributed by atoms with Crippen molar-refractivity contribution >= 4 is 23.7 Å². The first-order chi connectivity index (χ1) is 18.7. The molecule has 1 aromatic rings. The van der Waals surface area contributed by atoms with Gasteiger partial charge in [-0.25, -0.2) is 4.79 Å². The van der Waals surface area contributed by atoms with Gasteiger partial charge in [0.05, 0.1) is 32.0 Å². The van der Waals surface area contributed by atoms with E-state index in [1.165, 1.54) is 19.5 Å². The van der Waals surface area contributed by atoms with E-state index in [2.05, 4.69) is 0 Å². The summed E-state index contributed by atoms with van der Waals surface area (Å²) in [4.78, 5) is 53.2. The summed E-state index contributed by atoms with van der Waals surface area (Å²) in [7, 11) is 1.16. The summed E-state index contributed by atoms with van der Waals surface area (Å²) in [5.74, 6) is -5.20. The van der Waals surface area contributed by atoms with Gasteiger partial charge in [-0.3, -0.25) is 14.4 Å². The molecule has 11 nitrogen and oxygen atoms in total. The summed E-state index contributed by atoms with van der Waals surface area (Å²) >= 11 is 0. The first kappa shape index (κ1) is 26.2. The van der Waals surface area contributed by atoms with Gasteiger partial charge >= 0.3 is 17.9 Å². The molecule has 12 atom stereocenters. The zero-order chi connectivity index (χ0) is 28.8. The summed E-state index contributed by atoms with van der Waals surface area (Å²) in [6.07, 6.45) is -0.0452. The molecule has 2 spiro atoms. The van der Waals surface area contributed by atoms with Gasteiger partial charge in [0.15, 0.2) is 11.9 Å². The van der Waals surface area contributed by atoms with Crippen LogP contribution < -0.4 is 0 Å². The van der Waals surface area contributed by atoms with E-state index >= 15 is 0 Å². The van der Waals surface area contributed by atoms with E-state index in [9.17, 15) is 29.4 Å². The minimum absolute atomic E-state index is 0.0381. The average Bonchev–Trinajstić information content (AvgIpc) is 3.14. The van der Waals surface area contributed by atoms with E-state index in [1.54, 1.807) is 13.0 Å². The number of carbonyl (C=O) groups is 4. The molecule has 40 heavy (non-hydrogen) atoms. The van der Waals surface area contributed by atoms with Crippen molar-refractivity contribution in [2.75, 3.05) is 7.11 Å². The Morgan fingerprint density at radius 1 is 1.20 bits per heavy atom. The van der Waals surface area contributed by atoms with Gasteiger partial charge < -0.3 is 33.6 Å². The molecule has 2 N–H and O–H groups in total. The lowest BCUT2D eigenvalue weighted by atomic mass is 9.48. The second kappa shape index (κ2) is 7.35. The van der Waals surface area contributed by atoms with Crippen molar-refractivity contribution in [2.24, 2.45) is 34.0 Å². The normalized spacial score (nSPS) is 52.1. The fourth-order valence-electron chi connectivity index (χ4n) is 11.0. The third-order valence-corrected chi connectivity index (χ3v) is 12.2. The van der Waals surface area contributed by atoms with E-state index in [1.807, 2.05) is 13.8 Å². The van der Waals surface area contributed by atoms with Crippen LogP contribution in [0.3, 0.4) is 0 Å². The zero-order valence-corrected chi connectivity index (χ0v) is 23.1. The Morgan fingerprint density at radius 3 is 2.55 bits per heavy atom. The molecule has 1 aromatic heterocycles. The maximum Gasteiger partial charge on any atom is 0.335 e. The third-order valence-electron chi connectivity index (χ3n) is 12.2. The number of methoxy groups -OCH3 is 1. The Hall–Kier alpha value is -2.76. The highest BCUT2D eigenvalue weighted by Gasteiger charge is 3.00. The zero-order valence-electron chi connectivity index (χ0n) is 23.1. The molecule has 4 saturated carbocycles. The van der Waals surface area contributed by atoms with Crippen LogP contribution in [0.25, 0.3) is 0 Å². The molecule has 2 bridgehead atoms. The topological polar surface area (TPSA) is 162 Å². The van der Waals surface area contributed by atoms with Crippen molar-refractivity contribution in [1.82, 2.24) is 0 Å². The fraction of sp³-hybridized carbons (Fsp3) is 0.724. The number of hydrogen-bond donors (Lipinski definition) is 2. The number of aliphatic hydroxyl groups excluding tert-OH is 2. The van der Waals surface area contributed by atoms with Crippen molar-refractivity contribution < 1.29 is 52.8 Å². The minimum atomic E-state index is -1.70. The van der Waals surface area contributed by atoms with Gasteiger partial charge in [0, 0.05) is 40.6 Å². The number of ether oxygens (including phenoxy) is 4. The summed E-state index contributed by atoms with van der Waals surface area (Å²) < 4.78 is 29.2. The van der Waals surface area contributed by atoms with Crippen molar-refractivity contribution in [1.29, 1.82) is 0 Å². The molecule has 0 unspecified atom stereocenters. The summed E-state index contributed by atoms with van der Waals surface area (Å²) in [5.41, 5.74) is -6.54. The highest BCUT2D eigenvalue weighted by Crippen LogP contribution is 2.89. The first-order valence-electron chi connectivity index (χ1n) is 13.8. The molecular formula is C29H34O11. The summed E-state index contributed by atoms with van der Waals surface area (Å²) in [6, 6.07) is 1.73.